The first-order chi connectivity index (χ1) is 5.60. The van der Waals surface area contributed by atoms with Gasteiger partial charge in [-0.3, -0.25) is 4.79 Å². The maximum absolute atomic E-state index is 11.4. The van der Waals surface area contributed by atoms with Crippen LogP contribution in [0.25, 0.3) is 0 Å². The van der Waals surface area contributed by atoms with Crippen molar-refractivity contribution in [1.82, 2.24) is 0 Å². The van der Waals surface area contributed by atoms with E-state index >= 15 is 0 Å². The standard InChI is InChI=1S/C11H18O/c1-11(2)8-4-3-5-9(11)7-10(12)6-8/h8-9H,3-7H2,1-2H3. The molecule has 2 rings (SSSR count). The van der Waals surface area contributed by atoms with Gasteiger partial charge in [0.15, 0.2) is 0 Å². The average molecular weight is 166 g/mol. The van der Waals surface area contributed by atoms with Gasteiger partial charge in [0, 0.05) is 12.8 Å². The molecule has 2 bridgehead atoms. The Hall–Kier alpha value is -0.330. The molecule has 0 spiro atoms. The van der Waals surface area contributed by atoms with Crippen molar-refractivity contribution in [2.45, 2.75) is 46.0 Å². The normalized spacial score (nSPS) is 39.7. The molecule has 0 N–H and O–H groups in total. The smallest absolute Gasteiger partial charge is 0.133 e. The fraction of sp³-hybridized carbons (Fsp3) is 0.909. The van der Waals surface area contributed by atoms with E-state index in [2.05, 4.69) is 13.8 Å². The Bertz CT molecular complexity index is 187. The molecule has 2 aliphatic carbocycles. The summed E-state index contributed by atoms with van der Waals surface area (Å²) in [4.78, 5) is 11.4. The van der Waals surface area contributed by atoms with Gasteiger partial charge in [-0.15, -0.1) is 0 Å². The summed E-state index contributed by atoms with van der Waals surface area (Å²) in [6, 6.07) is 0. The van der Waals surface area contributed by atoms with Crippen LogP contribution in [0.4, 0.5) is 0 Å². The summed E-state index contributed by atoms with van der Waals surface area (Å²) in [7, 11) is 0. The monoisotopic (exact) mass is 166 g/mol. The largest absolute Gasteiger partial charge is 0.300 e. The molecular formula is C11H18O. The molecule has 0 aromatic rings. The third-order valence-corrected chi connectivity index (χ3v) is 4.16. The van der Waals surface area contributed by atoms with Gasteiger partial charge in [-0.25, -0.2) is 0 Å². The summed E-state index contributed by atoms with van der Waals surface area (Å²) < 4.78 is 0. The lowest BCUT2D eigenvalue weighted by molar-refractivity contribution is -0.130. The molecule has 2 aliphatic rings. The van der Waals surface area contributed by atoms with E-state index in [1.54, 1.807) is 0 Å². The van der Waals surface area contributed by atoms with Crippen molar-refractivity contribution in [2.24, 2.45) is 17.3 Å². The summed E-state index contributed by atoms with van der Waals surface area (Å²) in [5.74, 6) is 1.90. The molecule has 0 heterocycles. The summed E-state index contributed by atoms with van der Waals surface area (Å²) in [5, 5.41) is 0. The molecule has 68 valence electrons. The number of carbonyl (C=O) groups is 1. The van der Waals surface area contributed by atoms with Crippen molar-refractivity contribution in [3.63, 3.8) is 0 Å². The fourth-order valence-corrected chi connectivity index (χ4v) is 3.05. The highest BCUT2D eigenvalue weighted by atomic mass is 16.1. The summed E-state index contributed by atoms with van der Waals surface area (Å²) in [6.07, 6.45) is 5.66. The minimum Gasteiger partial charge on any atom is -0.300 e. The van der Waals surface area contributed by atoms with Gasteiger partial charge in [0.1, 0.15) is 5.78 Å². The Labute approximate surface area is 74.5 Å². The van der Waals surface area contributed by atoms with E-state index in [1.807, 2.05) is 0 Å². The van der Waals surface area contributed by atoms with Gasteiger partial charge in [0.25, 0.3) is 0 Å². The SMILES string of the molecule is CC1(C)C2CCCC1CC(=O)C2. The Morgan fingerprint density at radius 1 is 1.17 bits per heavy atom. The lowest BCUT2D eigenvalue weighted by Crippen LogP contribution is -2.42. The van der Waals surface area contributed by atoms with E-state index in [0.29, 0.717) is 23.0 Å². The first-order valence-electron chi connectivity index (χ1n) is 5.12. The highest BCUT2D eigenvalue weighted by molar-refractivity contribution is 5.80. The maximum Gasteiger partial charge on any atom is 0.133 e. The fourth-order valence-electron chi connectivity index (χ4n) is 3.05. The lowest BCUT2D eigenvalue weighted by atomic mass is 9.56. The van der Waals surface area contributed by atoms with E-state index in [4.69, 9.17) is 0 Å². The van der Waals surface area contributed by atoms with Crippen molar-refractivity contribution in [2.75, 3.05) is 0 Å². The molecular weight excluding hydrogens is 148 g/mol. The van der Waals surface area contributed by atoms with E-state index in [0.717, 1.165) is 12.8 Å². The summed E-state index contributed by atoms with van der Waals surface area (Å²) >= 11 is 0. The van der Waals surface area contributed by atoms with Crippen LogP contribution in [0, 0.1) is 17.3 Å². The van der Waals surface area contributed by atoms with E-state index in [-0.39, 0.29) is 0 Å². The van der Waals surface area contributed by atoms with Crippen LogP contribution in [0.5, 0.6) is 0 Å². The number of fused-ring (bicyclic) bond motifs is 2. The quantitative estimate of drug-likeness (QED) is 0.541. The van der Waals surface area contributed by atoms with Crippen LogP contribution in [-0.4, -0.2) is 5.78 Å². The minimum absolute atomic E-state index is 0.451. The second-order valence-corrected chi connectivity index (χ2v) is 5.09. The first kappa shape index (κ1) is 8.28. The lowest BCUT2D eigenvalue weighted by Gasteiger charge is -2.48. The zero-order chi connectivity index (χ0) is 8.77. The van der Waals surface area contributed by atoms with Crippen molar-refractivity contribution in [3.05, 3.63) is 0 Å². The highest BCUT2D eigenvalue weighted by Crippen LogP contribution is 2.51. The van der Waals surface area contributed by atoms with Crippen molar-refractivity contribution >= 4 is 5.78 Å². The molecule has 1 nitrogen and oxygen atoms in total. The molecule has 0 saturated heterocycles. The van der Waals surface area contributed by atoms with Crippen LogP contribution in [0.15, 0.2) is 0 Å². The van der Waals surface area contributed by atoms with Gasteiger partial charge in [-0.2, -0.15) is 0 Å². The predicted octanol–water partition coefficient (Wildman–Crippen LogP) is 2.79. The number of hydrogen-bond donors (Lipinski definition) is 0. The van der Waals surface area contributed by atoms with E-state index in [9.17, 15) is 4.79 Å². The van der Waals surface area contributed by atoms with Crippen LogP contribution in [0.3, 0.4) is 0 Å². The number of hydrogen-bond acceptors (Lipinski definition) is 1. The van der Waals surface area contributed by atoms with E-state index < -0.39 is 0 Å². The molecule has 12 heavy (non-hydrogen) atoms. The van der Waals surface area contributed by atoms with Gasteiger partial charge >= 0.3 is 0 Å². The second kappa shape index (κ2) is 2.58. The topological polar surface area (TPSA) is 17.1 Å². The Balaban J connectivity index is 2.23. The molecule has 0 radical (unpaired) electrons. The van der Waals surface area contributed by atoms with Gasteiger partial charge in [0.2, 0.25) is 0 Å². The van der Waals surface area contributed by atoms with Crippen LogP contribution in [0.1, 0.15) is 46.0 Å². The molecule has 2 fully saturated rings. The van der Waals surface area contributed by atoms with Crippen LogP contribution < -0.4 is 0 Å². The van der Waals surface area contributed by atoms with Crippen LogP contribution in [0.2, 0.25) is 0 Å². The molecule has 2 saturated carbocycles. The number of Topliss-reactive ketones (excluding diaryl/α,β-unsaturated/α-hetero) is 1. The van der Waals surface area contributed by atoms with Crippen molar-refractivity contribution in [3.8, 4) is 0 Å². The van der Waals surface area contributed by atoms with Crippen molar-refractivity contribution in [1.29, 1.82) is 0 Å². The first-order valence-corrected chi connectivity index (χ1v) is 5.12. The third-order valence-electron chi connectivity index (χ3n) is 4.16. The molecule has 0 aromatic carbocycles. The summed E-state index contributed by atoms with van der Waals surface area (Å²) in [5.41, 5.74) is 0.451. The predicted molar refractivity (Wildman–Crippen MR) is 48.9 cm³/mol. The molecule has 2 atom stereocenters. The molecule has 2 unspecified atom stereocenters. The third kappa shape index (κ3) is 1.10. The average Bonchev–Trinajstić information content (AvgIpc) is 1.92. The summed E-state index contributed by atoms with van der Waals surface area (Å²) in [6.45, 7) is 4.71. The molecule has 0 aromatic heterocycles. The zero-order valence-corrected chi connectivity index (χ0v) is 8.10. The number of rotatable bonds is 0. The van der Waals surface area contributed by atoms with E-state index in [1.165, 1.54) is 19.3 Å². The number of carbonyl (C=O) groups excluding carboxylic acids is 1. The van der Waals surface area contributed by atoms with Gasteiger partial charge < -0.3 is 0 Å². The Kier molecular flexibility index (Phi) is 1.78. The highest BCUT2D eigenvalue weighted by Gasteiger charge is 2.44. The Morgan fingerprint density at radius 2 is 1.67 bits per heavy atom. The second-order valence-electron chi connectivity index (χ2n) is 5.09. The van der Waals surface area contributed by atoms with Gasteiger partial charge in [0.05, 0.1) is 0 Å². The number of ketones is 1. The molecule has 0 amide bonds. The van der Waals surface area contributed by atoms with Gasteiger partial charge in [-0.1, -0.05) is 20.3 Å². The molecule has 0 aliphatic heterocycles. The zero-order valence-electron chi connectivity index (χ0n) is 8.10. The van der Waals surface area contributed by atoms with Crippen LogP contribution in [-0.2, 0) is 4.79 Å². The maximum atomic E-state index is 11.4. The van der Waals surface area contributed by atoms with Crippen molar-refractivity contribution < 1.29 is 4.79 Å². The Morgan fingerprint density at radius 3 is 2.17 bits per heavy atom. The van der Waals surface area contributed by atoms with Crippen LogP contribution >= 0.6 is 0 Å². The van der Waals surface area contributed by atoms with Gasteiger partial charge in [-0.05, 0) is 30.1 Å². The molecule has 1 heteroatoms. The minimum atomic E-state index is 0.451.